The molecule has 13 heavy (non-hydrogen) atoms. The maximum atomic E-state index is 10.7. The molecule has 0 N–H and O–H groups in total. The first kappa shape index (κ1) is 10.1. The Morgan fingerprint density at radius 2 is 2.31 bits per heavy atom. The van der Waals surface area contributed by atoms with Gasteiger partial charge in [-0.3, -0.25) is 4.79 Å². The Kier molecular flexibility index (Phi) is 2.94. The lowest BCUT2D eigenvalue weighted by atomic mass is 10.3. The molecule has 0 radical (unpaired) electrons. The van der Waals surface area contributed by atoms with Crippen LogP contribution in [0.15, 0.2) is 16.7 Å². The highest BCUT2D eigenvalue weighted by atomic mass is 79.9. The number of nitrogens with zero attached hydrogens (tertiary/aromatic N) is 2. The van der Waals surface area contributed by atoms with Crippen molar-refractivity contribution in [3.8, 4) is 0 Å². The average Bonchev–Trinajstić information content (AvgIpc) is 2.03. The Bertz CT molecular complexity index is 350. The van der Waals surface area contributed by atoms with Gasteiger partial charge in [0.05, 0.1) is 5.56 Å². The first-order valence-electron chi connectivity index (χ1n) is 3.02. The third kappa shape index (κ3) is 2.02. The van der Waals surface area contributed by atoms with E-state index in [0.717, 1.165) is 6.20 Å². The minimum atomic E-state index is -0.766. The first-order chi connectivity index (χ1) is 6.04. The van der Waals surface area contributed by atoms with E-state index in [0.29, 0.717) is 0 Å². The largest absolute Gasteiger partial charge is 0.378 e. The van der Waals surface area contributed by atoms with E-state index in [1.807, 2.05) is 0 Å². The summed E-state index contributed by atoms with van der Waals surface area (Å²) in [6.45, 7) is 0. The molecule has 0 saturated carbocycles. The smallest absolute Gasteiger partial charge is 0.358 e. The number of rotatable bonds is 2. The molecule has 0 bridgehead atoms. The minimum Gasteiger partial charge on any atom is -0.358 e. The van der Waals surface area contributed by atoms with Crippen molar-refractivity contribution in [3.05, 3.63) is 32.4 Å². The highest BCUT2D eigenvalue weighted by molar-refractivity contribution is 9.10. The fourth-order valence-electron chi connectivity index (χ4n) is 0.712. The van der Waals surface area contributed by atoms with Crippen molar-refractivity contribution in [1.29, 1.82) is 0 Å². The van der Waals surface area contributed by atoms with Crippen LogP contribution < -0.4 is 0 Å². The van der Waals surface area contributed by atoms with Crippen LogP contribution in [0.2, 0.25) is 0 Å². The van der Waals surface area contributed by atoms with Gasteiger partial charge < -0.3 is 10.1 Å². The number of nitro groups is 1. The number of pyridine rings is 1. The van der Waals surface area contributed by atoms with Crippen LogP contribution >= 0.6 is 27.5 Å². The minimum absolute atomic E-state index is 0.000000000000000444. The molecule has 0 amide bonds. The summed E-state index contributed by atoms with van der Waals surface area (Å²) in [4.78, 5) is 23.8. The van der Waals surface area contributed by atoms with Gasteiger partial charge in [0.25, 0.3) is 5.24 Å². The Labute approximate surface area is 86.0 Å². The van der Waals surface area contributed by atoms with E-state index < -0.39 is 16.0 Å². The van der Waals surface area contributed by atoms with Crippen LogP contribution in [0.25, 0.3) is 0 Å². The number of carbonyl (C=O) groups excluding carboxylic acids is 1. The normalized spacial score (nSPS) is 9.69. The lowest BCUT2D eigenvalue weighted by Gasteiger charge is -1.97. The molecule has 0 spiro atoms. The Hall–Kier alpha value is -1.01. The summed E-state index contributed by atoms with van der Waals surface area (Å²) in [7, 11) is 0. The van der Waals surface area contributed by atoms with Gasteiger partial charge in [-0.2, -0.15) is 0 Å². The number of hydrogen-bond acceptors (Lipinski definition) is 4. The van der Waals surface area contributed by atoms with E-state index in [-0.39, 0.29) is 10.0 Å². The molecule has 1 aromatic rings. The summed E-state index contributed by atoms with van der Waals surface area (Å²) in [5, 5.41) is 9.59. The second-order valence-electron chi connectivity index (χ2n) is 2.03. The summed E-state index contributed by atoms with van der Waals surface area (Å²) in [6, 6.07) is 1.30. The topological polar surface area (TPSA) is 73.1 Å². The molecule has 0 aliphatic carbocycles. The maximum absolute atomic E-state index is 10.7. The zero-order valence-electron chi connectivity index (χ0n) is 6.03. The molecule has 1 aromatic heterocycles. The molecule has 68 valence electrons. The van der Waals surface area contributed by atoms with E-state index in [4.69, 9.17) is 11.6 Å². The summed E-state index contributed by atoms with van der Waals surface area (Å²) in [6.07, 6.45) is 1.15. The quantitative estimate of drug-likeness (QED) is 0.466. The Balaban J connectivity index is 3.35. The third-order valence-electron chi connectivity index (χ3n) is 1.26. The van der Waals surface area contributed by atoms with Gasteiger partial charge in [0.15, 0.2) is 0 Å². The molecule has 0 saturated heterocycles. The monoisotopic (exact) mass is 264 g/mol. The second-order valence-corrected chi connectivity index (χ2v) is 3.16. The predicted octanol–water partition coefficient (Wildman–Crippen LogP) is 2.13. The van der Waals surface area contributed by atoms with Gasteiger partial charge in [-0.15, -0.1) is 0 Å². The van der Waals surface area contributed by atoms with E-state index in [2.05, 4.69) is 20.9 Å². The van der Waals surface area contributed by atoms with Gasteiger partial charge in [-0.25, -0.2) is 0 Å². The number of aromatic nitrogens is 1. The van der Waals surface area contributed by atoms with Crippen molar-refractivity contribution in [2.75, 3.05) is 0 Å². The van der Waals surface area contributed by atoms with Gasteiger partial charge in [-0.1, -0.05) is 0 Å². The SMILES string of the molecule is O=C(Cl)c1ccnc([N+](=O)[O-])c1Br. The molecule has 5 nitrogen and oxygen atoms in total. The molecule has 1 heterocycles. The van der Waals surface area contributed by atoms with Crippen molar-refractivity contribution >= 4 is 38.6 Å². The van der Waals surface area contributed by atoms with E-state index >= 15 is 0 Å². The van der Waals surface area contributed by atoms with Crippen molar-refractivity contribution < 1.29 is 9.72 Å². The van der Waals surface area contributed by atoms with Crippen molar-refractivity contribution in [2.24, 2.45) is 0 Å². The van der Waals surface area contributed by atoms with Crippen LogP contribution in [0.1, 0.15) is 10.4 Å². The number of hydrogen-bond donors (Lipinski definition) is 0. The van der Waals surface area contributed by atoms with Crippen LogP contribution in [0, 0.1) is 10.1 Å². The van der Waals surface area contributed by atoms with E-state index in [1.165, 1.54) is 6.07 Å². The lowest BCUT2D eigenvalue weighted by molar-refractivity contribution is -0.390. The molecular formula is C6H2BrClN2O3. The van der Waals surface area contributed by atoms with Gasteiger partial charge >= 0.3 is 5.82 Å². The molecule has 0 unspecified atom stereocenters. The van der Waals surface area contributed by atoms with Crippen molar-refractivity contribution in [3.63, 3.8) is 0 Å². The first-order valence-corrected chi connectivity index (χ1v) is 4.20. The molecule has 0 aromatic carbocycles. The van der Waals surface area contributed by atoms with Crippen molar-refractivity contribution in [2.45, 2.75) is 0 Å². The molecular weight excluding hydrogens is 263 g/mol. The maximum Gasteiger partial charge on any atom is 0.378 e. The fourth-order valence-corrected chi connectivity index (χ4v) is 1.54. The van der Waals surface area contributed by atoms with Gasteiger partial charge in [0, 0.05) is 0 Å². The standard InChI is InChI=1S/C6H2BrClN2O3/c7-4-3(5(8)11)1-2-9-6(4)10(12)13/h1-2H. The van der Waals surface area contributed by atoms with Gasteiger partial charge in [0.2, 0.25) is 0 Å². The molecule has 7 heteroatoms. The van der Waals surface area contributed by atoms with E-state index in [9.17, 15) is 14.9 Å². The van der Waals surface area contributed by atoms with Crippen LogP contribution in [0.5, 0.6) is 0 Å². The van der Waals surface area contributed by atoms with Crippen LogP contribution in [-0.4, -0.2) is 15.1 Å². The fraction of sp³-hybridized carbons (Fsp3) is 0. The highest BCUT2D eigenvalue weighted by Gasteiger charge is 2.19. The lowest BCUT2D eigenvalue weighted by Crippen LogP contribution is -1.98. The predicted molar refractivity (Wildman–Crippen MR) is 48.8 cm³/mol. The Morgan fingerprint density at radius 1 is 1.69 bits per heavy atom. The average molecular weight is 265 g/mol. The molecule has 0 aliphatic rings. The van der Waals surface area contributed by atoms with Crippen LogP contribution in [0.3, 0.4) is 0 Å². The molecule has 0 atom stereocenters. The molecule has 0 aliphatic heterocycles. The summed E-state index contributed by atoms with van der Waals surface area (Å²) in [5.41, 5.74) is 0.0309. The molecule has 1 rings (SSSR count). The third-order valence-corrected chi connectivity index (χ3v) is 2.24. The zero-order chi connectivity index (χ0) is 10.0. The van der Waals surface area contributed by atoms with Crippen molar-refractivity contribution in [1.82, 2.24) is 4.98 Å². The second kappa shape index (κ2) is 3.80. The molecule has 0 fully saturated rings. The van der Waals surface area contributed by atoms with Gasteiger partial charge in [-0.05, 0) is 43.5 Å². The van der Waals surface area contributed by atoms with E-state index in [1.54, 1.807) is 0 Å². The van der Waals surface area contributed by atoms with Crippen LogP contribution in [0.4, 0.5) is 5.82 Å². The Morgan fingerprint density at radius 3 is 2.77 bits per heavy atom. The zero-order valence-corrected chi connectivity index (χ0v) is 8.37. The number of halogens is 2. The highest BCUT2D eigenvalue weighted by Crippen LogP contribution is 2.26. The summed E-state index contributed by atoms with van der Waals surface area (Å²) < 4.78 is 0.000000000000000444. The number of carbonyl (C=O) groups is 1. The summed E-state index contributed by atoms with van der Waals surface area (Å²) >= 11 is 8.04. The van der Waals surface area contributed by atoms with Gasteiger partial charge in [0.1, 0.15) is 10.7 Å². The van der Waals surface area contributed by atoms with Crippen LogP contribution in [-0.2, 0) is 0 Å². The summed E-state index contributed by atoms with van der Waals surface area (Å²) in [5.74, 6) is -0.425.